The highest BCUT2D eigenvalue weighted by molar-refractivity contribution is 6.29. The molecule has 0 unspecified atom stereocenters. The van der Waals surface area contributed by atoms with Crippen molar-refractivity contribution in [2.45, 2.75) is 20.0 Å². The topological polar surface area (TPSA) is 55.3 Å². The minimum atomic E-state index is -0.256. The molecule has 2 rings (SSSR count). The van der Waals surface area contributed by atoms with Crippen molar-refractivity contribution in [3.63, 3.8) is 0 Å². The fourth-order valence-electron chi connectivity index (χ4n) is 1.77. The molecule has 1 aromatic carbocycles. The van der Waals surface area contributed by atoms with Crippen molar-refractivity contribution in [1.82, 2.24) is 10.2 Å². The Bertz CT molecular complexity index is 632. The first-order chi connectivity index (χ1) is 9.99. The zero-order chi connectivity index (χ0) is 15.4. The van der Waals surface area contributed by atoms with E-state index in [-0.39, 0.29) is 28.6 Å². The van der Waals surface area contributed by atoms with Gasteiger partial charge in [0.15, 0.2) is 5.15 Å². The van der Waals surface area contributed by atoms with E-state index in [1.54, 1.807) is 7.05 Å². The maximum atomic E-state index is 12.6. The molecule has 0 atom stereocenters. The molecule has 0 aliphatic rings. The lowest BCUT2D eigenvalue weighted by Crippen LogP contribution is -2.27. The van der Waals surface area contributed by atoms with Gasteiger partial charge in [0.1, 0.15) is 5.56 Å². The molecule has 110 valence electrons. The van der Waals surface area contributed by atoms with Crippen molar-refractivity contribution in [2.75, 3.05) is 11.9 Å². The van der Waals surface area contributed by atoms with Crippen LogP contribution in [0.15, 0.2) is 36.4 Å². The minimum absolute atomic E-state index is 0.117. The first kappa shape index (κ1) is 15.3. The molecule has 1 amide bonds. The highest BCUT2D eigenvalue weighted by atomic mass is 35.5. The second-order valence-electron chi connectivity index (χ2n) is 4.75. The molecule has 6 heteroatoms. The van der Waals surface area contributed by atoms with Crippen LogP contribution in [0.25, 0.3) is 0 Å². The fraction of sp³-hybridized carbons (Fsp3) is 0.267. The summed E-state index contributed by atoms with van der Waals surface area (Å²) < 4.78 is 5.53. The van der Waals surface area contributed by atoms with Crippen molar-refractivity contribution in [3.8, 4) is 5.88 Å². The van der Waals surface area contributed by atoms with E-state index in [0.717, 1.165) is 5.69 Å². The van der Waals surface area contributed by atoms with Crippen molar-refractivity contribution >= 4 is 23.2 Å². The molecule has 0 spiro atoms. The lowest BCUT2D eigenvalue weighted by molar-refractivity contribution is 0.0985. The van der Waals surface area contributed by atoms with E-state index in [1.807, 2.05) is 44.2 Å². The van der Waals surface area contributed by atoms with Crippen molar-refractivity contribution in [3.05, 3.63) is 47.1 Å². The zero-order valence-electron chi connectivity index (χ0n) is 12.1. The Morgan fingerprint density at radius 3 is 2.52 bits per heavy atom. The number of hydrogen-bond donors (Lipinski definition) is 0. The molecule has 0 saturated heterocycles. The Balaban J connectivity index is 2.36. The second-order valence-corrected chi connectivity index (χ2v) is 5.14. The van der Waals surface area contributed by atoms with Crippen molar-refractivity contribution < 1.29 is 9.53 Å². The Morgan fingerprint density at radius 1 is 1.24 bits per heavy atom. The molecule has 0 N–H and O–H groups in total. The van der Waals surface area contributed by atoms with Crippen LogP contribution in [0.1, 0.15) is 24.2 Å². The molecule has 0 saturated carbocycles. The number of halogens is 1. The van der Waals surface area contributed by atoms with Crippen molar-refractivity contribution in [1.29, 1.82) is 0 Å². The fourth-order valence-corrected chi connectivity index (χ4v) is 1.92. The standard InChI is InChI=1S/C15H16ClN3O2/c1-10(2)21-14-12(9-13(16)17-18-14)15(20)19(3)11-7-5-4-6-8-11/h4-10H,1-3H3. The Labute approximate surface area is 128 Å². The third-order valence-corrected chi connectivity index (χ3v) is 2.94. The third-order valence-electron chi connectivity index (χ3n) is 2.76. The lowest BCUT2D eigenvalue weighted by atomic mass is 10.2. The van der Waals surface area contributed by atoms with Crippen LogP contribution in [0.5, 0.6) is 5.88 Å². The monoisotopic (exact) mass is 305 g/mol. The summed E-state index contributed by atoms with van der Waals surface area (Å²) in [5.74, 6) is -0.0733. The number of para-hydroxylation sites is 1. The van der Waals surface area contributed by atoms with Gasteiger partial charge in [0.2, 0.25) is 5.88 Å². The number of benzene rings is 1. The van der Waals surface area contributed by atoms with Gasteiger partial charge < -0.3 is 9.64 Å². The van der Waals surface area contributed by atoms with E-state index >= 15 is 0 Å². The van der Waals surface area contributed by atoms with E-state index in [1.165, 1.54) is 11.0 Å². The molecule has 0 bridgehead atoms. The summed E-state index contributed by atoms with van der Waals surface area (Å²) >= 11 is 5.85. The van der Waals surface area contributed by atoms with Gasteiger partial charge in [-0.05, 0) is 32.0 Å². The minimum Gasteiger partial charge on any atom is -0.473 e. The van der Waals surface area contributed by atoms with Gasteiger partial charge in [0.05, 0.1) is 6.10 Å². The van der Waals surface area contributed by atoms with Crippen LogP contribution in [0, 0.1) is 0 Å². The average Bonchev–Trinajstić information content (AvgIpc) is 2.48. The highest BCUT2D eigenvalue weighted by Crippen LogP contribution is 2.23. The van der Waals surface area contributed by atoms with Gasteiger partial charge in [-0.15, -0.1) is 10.2 Å². The number of nitrogens with zero attached hydrogens (tertiary/aromatic N) is 3. The summed E-state index contributed by atoms with van der Waals surface area (Å²) in [4.78, 5) is 14.1. The van der Waals surface area contributed by atoms with Crippen LogP contribution in [0.2, 0.25) is 5.15 Å². The summed E-state index contributed by atoms with van der Waals surface area (Å²) in [7, 11) is 1.69. The normalized spacial score (nSPS) is 10.5. The molecule has 0 aliphatic heterocycles. The predicted molar refractivity (Wildman–Crippen MR) is 82.0 cm³/mol. The Hall–Kier alpha value is -2.14. The number of anilines is 1. The van der Waals surface area contributed by atoms with Crippen LogP contribution in [0.4, 0.5) is 5.69 Å². The molecule has 0 radical (unpaired) electrons. The summed E-state index contributed by atoms with van der Waals surface area (Å²) in [6.07, 6.45) is -0.117. The maximum Gasteiger partial charge on any atom is 0.263 e. The summed E-state index contributed by atoms with van der Waals surface area (Å²) in [5.41, 5.74) is 1.06. The zero-order valence-corrected chi connectivity index (χ0v) is 12.8. The van der Waals surface area contributed by atoms with Gasteiger partial charge in [-0.2, -0.15) is 0 Å². The number of carbonyl (C=O) groups excluding carboxylic acids is 1. The van der Waals surface area contributed by atoms with Gasteiger partial charge in [-0.1, -0.05) is 29.8 Å². The number of rotatable bonds is 4. The van der Waals surface area contributed by atoms with Crippen molar-refractivity contribution in [2.24, 2.45) is 0 Å². The smallest absolute Gasteiger partial charge is 0.263 e. The van der Waals surface area contributed by atoms with Gasteiger partial charge in [-0.25, -0.2) is 0 Å². The number of carbonyl (C=O) groups is 1. The van der Waals surface area contributed by atoms with E-state index < -0.39 is 0 Å². The molecule has 2 aromatic rings. The van der Waals surface area contributed by atoms with Crippen LogP contribution in [0.3, 0.4) is 0 Å². The molecular weight excluding hydrogens is 290 g/mol. The van der Waals surface area contributed by atoms with E-state index in [0.29, 0.717) is 0 Å². The summed E-state index contributed by atoms with van der Waals surface area (Å²) in [5, 5.41) is 7.74. The van der Waals surface area contributed by atoms with Crippen LogP contribution < -0.4 is 9.64 Å². The van der Waals surface area contributed by atoms with Gasteiger partial charge >= 0.3 is 0 Å². The number of hydrogen-bond acceptors (Lipinski definition) is 4. The van der Waals surface area contributed by atoms with E-state index in [2.05, 4.69) is 10.2 Å². The first-order valence-electron chi connectivity index (χ1n) is 6.52. The quantitative estimate of drug-likeness (QED) is 0.870. The predicted octanol–water partition coefficient (Wildman–Crippen LogP) is 3.19. The molecule has 1 heterocycles. The van der Waals surface area contributed by atoms with Crippen LogP contribution >= 0.6 is 11.6 Å². The van der Waals surface area contributed by atoms with E-state index in [4.69, 9.17) is 16.3 Å². The van der Waals surface area contributed by atoms with Crippen LogP contribution in [-0.4, -0.2) is 29.3 Å². The Kier molecular flexibility index (Phi) is 4.75. The Morgan fingerprint density at radius 2 is 1.90 bits per heavy atom. The number of aromatic nitrogens is 2. The maximum absolute atomic E-state index is 12.6. The van der Waals surface area contributed by atoms with Gasteiger partial charge in [-0.3, -0.25) is 4.79 Å². The third kappa shape index (κ3) is 3.70. The molecule has 0 fully saturated rings. The highest BCUT2D eigenvalue weighted by Gasteiger charge is 2.21. The number of ether oxygens (including phenoxy) is 1. The molecule has 21 heavy (non-hydrogen) atoms. The van der Waals surface area contributed by atoms with E-state index in [9.17, 15) is 4.79 Å². The van der Waals surface area contributed by atoms with Gasteiger partial charge in [0.25, 0.3) is 5.91 Å². The SMILES string of the molecule is CC(C)Oc1nnc(Cl)cc1C(=O)N(C)c1ccccc1. The summed E-state index contributed by atoms with van der Waals surface area (Å²) in [6, 6.07) is 10.8. The first-order valence-corrected chi connectivity index (χ1v) is 6.90. The lowest BCUT2D eigenvalue weighted by Gasteiger charge is -2.19. The molecule has 1 aromatic heterocycles. The average molecular weight is 306 g/mol. The second kappa shape index (κ2) is 6.54. The largest absolute Gasteiger partial charge is 0.473 e. The molecule has 0 aliphatic carbocycles. The van der Waals surface area contributed by atoms with Crippen LogP contribution in [-0.2, 0) is 0 Å². The molecular formula is C15H16ClN3O2. The van der Waals surface area contributed by atoms with Gasteiger partial charge in [0, 0.05) is 12.7 Å². The summed E-state index contributed by atoms with van der Waals surface area (Å²) in [6.45, 7) is 3.71. The number of amides is 1. The molecule has 5 nitrogen and oxygen atoms in total.